The minimum atomic E-state index is 0.205. The van der Waals surface area contributed by atoms with Crippen LogP contribution in [0.2, 0.25) is 0 Å². The molecular formula is C15H19N3. The Hall–Kier alpha value is -1.45. The zero-order valence-electron chi connectivity index (χ0n) is 10.7. The number of fused-ring (bicyclic) bond motifs is 1. The fraction of sp³-hybridized carbons (Fsp3) is 0.400. The van der Waals surface area contributed by atoms with Crippen molar-refractivity contribution in [3.05, 3.63) is 42.2 Å². The number of rotatable bonds is 1. The normalized spacial score (nSPS) is 25.4. The Morgan fingerprint density at radius 2 is 2.11 bits per heavy atom. The highest BCUT2D eigenvalue weighted by Gasteiger charge is 2.29. The van der Waals surface area contributed by atoms with Crippen molar-refractivity contribution in [2.75, 3.05) is 13.6 Å². The lowest BCUT2D eigenvalue weighted by molar-refractivity contribution is 0.164. The van der Waals surface area contributed by atoms with Crippen molar-refractivity contribution >= 4 is 10.8 Å². The zero-order chi connectivity index (χ0) is 12.5. The van der Waals surface area contributed by atoms with Crippen molar-refractivity contribution < 1.29 is 0 Å². The molecule has 1 aliphatic rings. The average molecular weight is 241 g/mol. The van der Waals surface area contributed by atoms with Gasteiger partial charge in [0.15, 0.2) is 0 Å². The summed E-state index contributed by atoms with van der Waals surface area (Å²) >= 11 is 0. The lowest BCUT2D eigenvalue weighted by Crippen LogP contribution is -2.43. The number of likely N-dealkylation sites (tertiary alicyclic amines) is 1. The molecule has 1 aromatic heterocycles. The quantitative estimate of drug-likeness (QED) is 0.833. The highest BCUT2D eigenvalue weighted by atomic mass is 15.2. The Bertz CT molecular complexity index is 537. The van der Waals surface area contributed by atoms with E-state index in [1.54, 1.807) is 0 Å². The third-order valence-corrected chi connectivity index (χ3v) is 3.95. The van der Waals surface area contributed by atoms with Gasteiger partial charge in [0.05, 0.1) is 6.04 Å². The minimum Gasteiger partial charge on any atom is -0.326 e. The number of hydrogen-bond acceptors (Lipinski definition) is 3. The predicted octanol–water partition coefficient (Wildman–Crippen LogP) is 2.33. The van der Waals surface area contributed by atoms with E-state index in [0.717, 1.165) is 13.0 Å². The van der Waals surface area contributed by atoms with Crippen molar-refractivity contribution in [1.29, 1.82) is 0 Å². The topological polar surface area (TPSA) is 42.1 Å². The Labute approximate surface area is 108 Å². The number of pyridine rings is 1. The van der Waals surface area contributed by atoms with Crippen LogP contribution >= 0.6 is 0 Å². The molecule has 0 aliphatic carbocycles. The van der Waals surface area contributed by atoms with E-state index in [0.29, 0.717) is 0 Å². The Morgan fingerprint density at radius 1 is 1.28 bits per heavy atom. The number of nitrogens with zero attached hydrogens (tertiary/aromatic N) is 2. The Kier molecular flexibility index (Phi) is 3.02. The maximum atomic E-state index is 6.32. The molecule has 18 heavy (non-hydrogen) atoms. The summed E-state index contributed by atoms with van der Waals surface area (Å²) in [6.07, 6.45) is 6.19. The molecule has 1 fully saturated rings. The van der Waals surface area contributed by atoms with Crippen molar-refractivity contribution in [2.24, 2.45) is 5.73 Å². The van der Waals surface area contributed by atoms with Crippen molar-refractivity contribution in [1.82, 2.24) is 9.88 Å². The monoisotopic (exact) mass is 241 g/mol. The second kappa shape index (κ2) is 4.67. The van der Waals surface area contributed by atoms with E-state index >= 15 is 0 Å². The van der Waals surface area contributed by atoms with Crippen LogP contribution in [0, 0.1) is 0 Å². The molecule has 3 nitrogen and oxygen atoms in total. The van der Waals surface area contributed by atoms with Crippen LogP contribution in [0.25, 0.3) is 10.8 Å². The molecule has 2 atom stereocenters. The second-order valence-corrected chi connectivity index (χ2v) is 5.18. The minimum absolute atomic E-state index is 0.205. The van der Waals surface area contributed by atoms with Crippen LogP contribution in [0.3, 0.4) is 0 Å². The van der Waals surface area contributed by atoms with Crippen LogP contribution in [0.15, 0.2) is 36.7 Å². The third-order valence-electron chi connectivity index (χ3n) is 3.95. The van der Waals surface area contributed by atoms with Crippen LogP contribution in [-0.2, 0) is 0 Å². The third kappa shape index (κ3) is 1.89. The first-order valence-corrected chi connectivity index (χ1v) is 6.56. The van der Waals surface area contributed by atoms with E-state index in [1.165, 1.54) is 22.8 Å². The summed E-state index contributed by atoms with van der Waals surface area (Å²) in [6, 6.07) is 8.91. The molecule has 2 aromatic rings. The van der Waals surface area contributed by atoms with E-state index in [4.69, 9.17) is 5.73 Å². The summed E-state index contributed by atoms with van der Waals surface area (Å²) < 4.78 is 0. The number of piperidine rings is 1. The van der Waals surface area contributed by atoms with Crippen LogP contribution in [0.1, 0.15) is 24.4 Å². The number of aromatic nitrogens is 1. The summed E-state index contributed by atoms with van der Waals surface area (Å²) in [4.78, 5) is 6.73. The molecule has 0 radical (unpaired) electrons. The van der Waals surface area contributed by atoms with Crippen LogP contribution < -0.4 is 5.73 Å². The van der Waals surface area contributed by atoms with Crippen LogP contribution in [-0.4, -0.2) is 29.5 Å². The van der Waals surface area contributed by atoms with Gasteiger partial charge in [-0.2, -0.15) is 0 Å². The molecule has 1 saturated heterocycles. The molecule has 2 N–H and O–H groups in total. The first-order chi connectivity index (χ1) is 8.77. The van der Waals surface area contributed by atoms with E-state index < -0.39 is 0 Å². The molecule has 0 spiro atoms. The fourth-order valence-corrected chi connectivity index (χ4v) is 3.04. The molecule has 1 aromatic carbocycles. The smallest absolute Gasteiger partial charge is 0.0517 e. The summed E-state index contributed by atoms with van der Waals surface area (Å²) in [5.74, 6) is 0. The van der Waals surface area contributed by atoms with Gasteiger partial charge in [-0.05, 0) is 37.4 Å². The molecule has 0 saturated carbocycles. The van der Waals surface area contributed by atoms with E-state index in [-0.39, 0.29) is 12.1 Å². The van der Waals surface area contributed by atoms with Gasteiger partial charge in [0.1, 0.15) is 0 Å². The standard InChI is InChI=1S/C15H19N3/c1-18-8-4-7-14(16)15(18)13-10-17-9-11-5-2-3-6-12(11)13/h2-3,5-6,9-10,14-15H,4,7-8,16H2,1H3. The van der Waals surface area contributed by atoms with Crippen LogP contribution in [0.4, 0.5) is 0 Å². The maximum absolute atomic E-state index is 6.32. The van der Waals surface area contributed by atoms with Crippen molar-refractivity contribution in [3.8, 4) is 0 Å². The van der Waals surface area contributed by atoms with E-state index in [1.807, 2.05) is 12.4 Å². The largest absolute Gasteiger partial charge is 0.326 e. The average Bonchev–Trinajstić information content (AvgIpc) is 2.39. The van der Waals surface area contributed by atoms with E-state index in [9.17, 15) is 0 Å². The molecule has 0 amide bonds. The van der Waals surface area contributed by atoms with Gasteiger partial charge in [-0.25, -0.2) is 0 Å². The first kappa shape index (κ1) is 11.6. The highest BCUT2D eigenvalue weighted by Crippen LogP contribution is 2.32. The lowest BCUT2D eigenvalue weighted by atomic mass is 9.90. The van der Waals surface area contributed by atoms with Gasteiger partial charge in [-0.3, -0.25) is 9.88 Å². The SMILES string of the molecule is CN1CCCC(N)C1c1cncc2ccccc12. The molecule has 3 rings (SSSR count). The molecule has 2 heterocycles. The molecule has 0 bridgehead atoms. The van der Waals surface area contributed by atoms with Gasteiger partial charge in [-0.1, -0.05) is 24.3 Å². The molecule has 1 aliphatic heterocycles. The molecular weight excluding hydrogens is 222 g/mol. The number of benzene rings is 1. The van der Waals surface area contributed by atoms with E-state index in [2.05, 4.69) is 41.2 Å². The van der Waals surface area contributed by atoms with Gasteiger partial charge in [0.25, 0.3) is 0 Å². The van der Waals surface area contributed by atoms with Gasteiger partial charge in [-0.15, -0.1) is 0 Å². The van der Waals surface area contributed by atoms with Crippen molar-refractivity contribution in [2.45, 2.75) is 24.9 Å². The predicted molar refractivity (Wildman–Crippen MR) is 74.3 cm³/mol. The summed E-state index contributed by atoms with van der Waals surface area (Å²) in [6.45, 7) is 1.11. The molecule has 94 valence electrons. The van der Waals surface area contributed by atoms with Crippen LogP contribution in [0.5, 0.6) is 0 Å². The van der Waals surface area contributed by atoms with Gasteiger partial charge >= 0.3 is 0 Å². The summed E-state index contributed by atoms with van der Waals surface area (Å²) in [7, 11) is 2.16. The van der Waals surface area contributed by atoms with Gasteiger partial charge in [0.2, 0.25) is 0 Å². The Morgan fingerprint density at radius 3 is 2.94 bits per heavy atom. The number of likely N-dealkylation sites (N-methyl/N-ethyl adjacent to an activating group) is 1. The Balaban J connectivity index is 2.13. The highest BCUT2D eigenvalue weighted by molar-refractivity contribution is 5.85. The molecule has 2 unspecified atom stereocenters. The summed E-state index contributed by atoms with van der Waals surface area (Å²) in [5.41, 5.74) is 7.59. The van der Waals surface area contributed by atoms with Gasteiger partial charge < -0.3 is 5.73 Å². The molecule has 3 heteroatoms. The first-order valence-electron chi connectivity index (χ1n) is 6.56. The number of nitrogens with two attached hydrogens (primary N) is 1. The van der Waals surface area contributed by atoms with Crippen molar-refractivity contribution in [3.63, 3.8) is 0 Å². The summed E-state index contributed by atoms with van der Waals surface area (Å²) in [5, 5.41) is 2.47. The fourth-order valence-electron chi connectivity index (χ4n) is 3.04. The lowest BCUT2D eigenvalue weighted by Gasteiger charge is -2.37. The second-order valence-electron chi connectivity index (χ2n) is 5.18. The zero-order valence-corrected chi connectivity index (χ0v) is 10.7. The maximum Gasteiger partial charge on any atom is 0.0517 e. The number of hydrogen-bond donors (Lipinski definition) is 1. The van der Waals surface area contributed by atoms with Gasteiger partial charge in [0, 0.05) is 23.8 Å².